The predicted octanol–water partition coefficient (Wildman–Crippen LogP) is 2.49. The minimum absolute atomic E-state index is 0.0557. The van der Waals surface area contributed by atoms with Crippen molar-refractivity contribution in [3.05, 3.63) is 29.0 Å². The second-order valence-corrected chi connectivity index (χ2v) is 7.54. The molecule has 1 aliphatic heterocycles. The highest BCUT2D eigenvalue weighted by molar-refractivity contribution is 7.89. The zero-order valence-corrected chi connectivity index (χ0v) is 13.6. The molecule has 1 heterocycles. The van der Waals surface area contributed by atoms with Crippen molar-refractivity contribution < 1.29 is 12.8 Å². The quantitative estimate of drug-likeness (QED) is 0.900. The van der Waals surface area contributed by atoms with Crippen molar-refractivity contribution in [1.29, 1.82) is 0 Å². The zero-order valence-electron chi connectivity index (χ0n) is 12.0. The molecule has 1 saturated heterocycles. The van der Waals surface area contributed by atoms with E-state index in [0.29, 0.717) is 19.0 Å². The lowest BCUT2D eigenvalue weighted by molar-refractivity contribution is 0.294. The summed E-state index contributed by atoms with van der Waals surface area (Å²) >= 11 is 5.94. The number of nitrogens with zero attached hydrogens (tertiary/aromatic N) is 1. The number of hydrogen-bond donors (Lipinski definition) is 1. The van der Waals surface area contributed by atoms with E-state index in [4.69, 9.17) is 11.6 Å². The van der Waals surface area contributed by atoms with Gasteiger partial charge < -0.3 is 5.32 Å². The maximum Gasteiger partial charge on any atom is 0.244 e. The van der Waals surface area contributed by atoms with E-state index in [0.717, 1.165) is 38.1 Å². The summed E-state index contributed by atoms with van der Waals surface area (Å²) in [6, 6.07) is 3.43. The average Bonchev–Trinajstić information content (AvgIpc) is 2.48. The van der Waals surface area contributed by atoms with Crippen LogP contribution < -0.4 is 5.32 Å². The molecule has 1 aromatic rings. The van der Waals surface area contributed by atoms with Gasteiger partial charge in [0.1, 0.15) is 10.7 Å². The molecular weight excluding hydrogens is 315 g/mol. The molecule has 0 atom stereocenters. The van der Waals surface area contributed by atoms with Gasteiger partial charge in [-0.05, 0) is 50.0 Å². The van der Waals surface area contributed by atoms with Crippen LogP contribution in [-0.4, -0.2) is 38.9 Å². The molecule has 1 aliphatic rings. The van der Waals surface area contributed by atoms with Crippen LogP contribution in [0.1, 0.15) is 19.8 Å². The fourth-order valence-electron chi connectivity index (χ4n) is 2.56. The third-order valence-corrected chi connectivity index (χ3v) is 6.21. The van der Waals surface area contributed by atoms with Crippen LogP contribution in [0.15, 0.2) is 23.1 Å². The highest BCUT2D eigenvalue weighted by Gasteiger charge is 2.28. The second kappa shape index (κ2) is 7.05. The summed E-state index contributed by atoms with van der Waals surface area (Å²) < 4.78 is 40.1. The van der Waals surface area contributed by atoms with Gasteiger partial charge in [-0.2, -0.15) is 4.31 Å². The fourth-order valence-corrected chi connectivity index (χ4v) is 4.57. The molecule has 2 rings (SSSR count). The van der Waals surface area contributed by atoms with Gasteiger partial charge in [0.15, 0.2) is 0 Å². The summed E-state index contributed by atoms with van der Waals surface area (Å²) in [7, 11) is -3.76. The first kappa shape index (κ1) is 16.7. The highest BCUT2D eigenvalue weighted by atomic mass is 35.5. The molecule has 0 amide bonds. The Morgan fingerprint density at radius 2 is 2.05 bits per heavy atom. The van der Waals surface area contributed by atoms with E-state index in [2.05, 4.69) is 5.32 Å². The number of sulfonamides is 1. The summed E-state index contributed by atoms with van der Waals surface area (Å²) in [4.78, 5) is -0.153. The number of benzene rings is 1. The maximum absolute atomic E-state index is 13.4. The summed E-state index contributed by atoms with van der Waals surface area (Å²) in [6.07, 6.45) is 1.89. The van der Waals surface area contributed by atoms with E-state index in [-0.39, 0.29) is 9.92 Å². The summed E-state index contributed by atoms with van der Waals surface area (Å²) in [5.41, 5.74) is 0. The molecule has 0 aromatic heterocycles. The predicted molar refractivity (Wildman–Crippen MR) is 81.4 cm³/mol. The maximum atomic E-state index is 13.4. The van der Waals surface area contributed by atoms with E-state index < -0.39 is 15.8 Å². The summed E-state index contributed by atoms with van der Waals surface area (Å²) in [6.45, 7) is 4.39. The van der Waals surface area contributed by atoms with Gasteiger partial charge in [0.25, 0.3) is 0 Å². The Labute approximate surface area is 130 Å². The third-order valence-electron chi connectivity index (χ3n) is 3.78. The topological polar surface area (TPSA) is 49.4 Å². The molecule has 4 nitrogen and oxygen atoms in total. The first-order valence-electron chi connectivity index (χ1n) is 7.11. The van der Waals surface area contributed by atoms with Crippen molar-refractivity contribution in [2.24, 2.45) is 5.92 Å². The van der Waals surface area contributed by atoms with Crippen LogP contribution in [0.3, 0.4) is 0 Å². The van der Waals surface area contributed by atoms with Gasteiger partial charge in [0, 0.05) is 13.1 Å². The monoisotopic (exact) mass is 334 g/mol. The lowest BCUT2D eigenvalue weighted by Gasteiger charge is -2.29. The van der Waals surface area contributed by atoms with Crippen LogP contribution in [-0.2, 0) is 10.0 Å². The summed E-state index contributed by atoms with van der Waals surface area (Å²) in [5, 5.41) is 3.31. The van der Waals surface area contributed by atoms with Gasteiger partial charge in [0.2, 0.25) is 10.0 Å². The fraction of sp³-hybridized carbons (Fsp3) is 0.571. The molecule has 7 heteroatoms. The molecular formula is C14H20ClFN2O2S. The van der Waals surface area contributed by atoms with E-state index in [1.807, 2.05) is 0 Å². The largest absolute Gasteiger partial charge is 0.317 e. The molecule has 0 aliphatic carbocycles. The van der Waals surface area contributed by atoms with Gasteiger partial charge >= 0.3 is 0 Å². The Hall–Kier alpha value is -0.690. The van der Waals surface area contributed by atoms with Crippen LogP contribution in [0.25, 0.3) is 0 Å². The van der Waals surface area contributed by atoms with Gasteiger partial charge in [-0.1, -0.05) is 18.5 Å². The smallest absolute Gasteiger partial charge is 0.244 e. The van der Waals surface area contributed by atoms with Crippen molar-refractivity contribution in [2.45, 2.75) is 24.7 Å². The minimum atomic E-state index is -3.76. The van der Waals surface area contributed by atoms with Crippen LogP contribution >= 0.6 is 11.6 Å². The number of piperidine rings is 1. The Morgan fingerprint density at radius 3 is 2.67 bits per heavy atom. The van der Waals surface area contributed by atoms with Crippen molar-refractivity contribution in [2.75, 3.05) is 26.2 Å². The average molecular weight is 335 g/mol. The van der Waals surface area contributed by atoms with Crippen molar-refractivity contribution >= 4 is 21.6 Å². The Kier molecular flexibility index (Phi) is 5.60. The molecule has 21 heavy (non-hydrogen) atoms. The van der Waals surface area contributed by atoms with Crippen LogP contribution in [0.5, 0.6) is 0 Å². The van der Waals surface area contributed by atoms with Gasteiger partial charge in [-0.25, -0.2) is 12.8 Å². The van der Waals surface area contributed by atoms with Crippen molar-refractivity contribution in [1.82, 2.24) is 9.62 Å². The van der Waals surface area contributed by atoms with Crippen LogP contribution in [0, 0.1) is 11.7 Å². The molecule has 1 N–H and O–H groups in total. The molecule has 0 bridgehead atoms. The first-order valence-corrected chi connectivity index (χ1v) is 8.93. The standard InChI is InChI=1S/C14H20ClFN2O2S/c1-2-18(10-11-5-7-17-8-6-11)21(19,20)14-9-12(16)3-4-13(14)15/h3-4,9,11,17H,2,5-8,10H2,1H3. The minimum Gasteiger partial charge on any atom is -0.317 e. The molecule has 1 fully saturated rings. The third kappa shape index (κ3) is 3.94. The zero-order chi connectivity index (χ0) is 15.5. The number of hydrogen-bond acceptors (Lipinski definition) is 3. The van der Waals surface area contributed by atoms with Crippen molar-refractivity contribution in [3.63, 3.8) is 0 Å². The SMILES string of the molecule is CCN(CC1CCNCC1)S(=O)(=O)c1cc(F)ccc1Cl. The Morgan fingerprint density at radius 1 is 1.38 bits per heavy atom. The number of rotatable bonds is 5. The normalized spacial score (nSPS) is 17.3. The molecule has 0 saturated carbocycles. The number of nitrogens with one attached hydrogen (secondary N) is 1. The molecule has 0 unspecified atom stereocenters. The van der Waals surface area contributed by atoms with Crippen molar-refractivity contribution in [3.8, 4) is 0 Å². The highest BCUT2D eigenvalue weighted by Crippen LogP contribution is 2.27. The van der Waals surface area contributed by atoms with Gasteiger partial charge in [0.05, 0.1) is 5.02 Å². The van der Waals surface area contributed by atoms with Crippen LogP contribution in [0.4, 0.5) is 4.39 Å². The first-order chi connectivity index (χ1) is 9.95. The van der Waals surface area contributed by atoms with Gasteiger partial charge in [-0.15, -0.1) is 0 Å². The van der Waals surface area contributed by atoms with E-state index in [9.17, 15) is 12.8 Å². The number of halogens is 2. The molecule has 1 aromatic carbocycles. The van der Waals surface area contributed by atoms with E-state index in [1.165, 1.54) is 10.4 Å². The molecule has 0 spiro atoms. The lowest BCUT2D eigenvalue weighted by atomic mass is 9.98. The second-order valence-electron chi connectivity index (χ2n) is 5.22. The Bertz CT molecular complexity index is 589. The van der Waals surface area contributed by atoms with Crippen LogP contribution in [0.2, 0.25) is 5.02 Å². The van der Waals surface area contributed by atoms with Gasteiger partial charge in [-0.3, -0.25) is 0 Å². The molecule has 118 valence electrons. The molecule has 0 radical (unpaired) electrons. The Balaban J connectivity index is 2.24. The van der Waals surface area contributed by atoms with E-state index >= 15 is 0 Å². The lowest BCUT2D eigenvalue weighted by Crippen LogP contribution is -2.39. The summed E-state index contributed by atoms with van der Waals surface area (Å²) in [5.74, 6) is -0.274. The van der Waals surface area contributed by atoms with E-state index in [1.54, 1.807) is 6.92 Å².